The maximum atomic E-state index is 12.1. The van der Waals surface area contributed by atoms with Crippen LogP contribution in [0, 0.1) is 5.92 Å². The van der Waals surface area contributed by atoms with Gasteiger partial charge in [0.05, 0.1) is 0 Å². The second-order valence-electron chi connectivity index (χ2n) is 5.93. The molecule has 3 rings (SSSR count). The summed E-state index contributed by atoms with van der Waals surface area (Å²) in [5, 5.41) is 6.29. The van der Waals surface area contributed by atoms with Crippen molar-refractivity contribution in [3.8, 4) is 5.75 Å². The highest BCUT2D eigenvalue weighted by Gasteiger charge is 2.16. The number of piperidine rings is 1. The lowest BCUT2D eigenvalue weighted by molar-refractivity contribution is 0.0913. The molecule has 2 heterocycles. The van der Waals surface area contributed by atoms with Gasteiger partial charge in [-0.15, -0.1) is 12.4 Å². The molecule has 0 aliphatic carbocycles. The number of benzene rings is 1. The van der Waals surface area contributed by atoms with E-state index >= 15 is 0 Å². The summed E-state index contributed by atoms with van der Waals surface area (Å²) in [6.45, 7) is 3.01. The van der Waals surface area contributed by atoms with E-state index in [0.29, 0.717) is 30.6 Å². The summed E-state index contributed by atoms with van der Waals surface area (Å²) in [6, 6.07) is 11.0. The van der Waals surface area contributed by atoms with Crippen LogP contribution in [0.15, 0.2) is 45.3 Å². The number of ether oxygens (including phenoxy) is 1. The number of hydrogen-bond donors (Lipinski definition) is 2. The molecule has 1 aliphatic rings. The van der Waals surface area contributed by atoms with Crippen molar-refractivity contribution in [2.75, 3.05) is 19.6 Å². The van der Waals surface area contributed by atoms with Crippen molar-refractivity contribution in [2.24, 2.45) is 5.92 Å². The van der Waals surface area contributed by atoms with Gasteiger partial charge >= 0.3 is 0 Å². The molecule has 1 amide bonds. The van der Waals surface area contributed by atoms with Crippen LogP contribution >= 0.6 is 28.3 Å². The van der Waals surface area contributed by atoms with E-state index in [9.17, 15) is 4.79 Å². The number of nitrogens with one attached hydrogen (secondary N) is 2. The van der Waals surface area contributed by atoms with Crippen molar-refractivity contribution in [3.05, 3.63) is 52.4 Å². The fourth-order valence-electron chi connectivity index (χ4n) is 2.69. The molecule has 7 heteroatoms. The first-order valence-corrected chi connectivity index (χ1v) is 8.96. The predicted molar refractivity (Wildman–Crippen MR) is 102 cm³/mol. The fraction of sp³-hybridized carbons (Fsp3) is 0.389. The molecule has 1 aromatic carbocycles. The largest absolute Gasteiger partial charge is 0.486 e. The highest BCUT2D eigenvalue weighted by atomic mass is 79.9. The minimum atomic E-state index is -0.171. The second kappa shape index (κ2) is 9.85. The van der Waals surface area contributed by atoms with E-state index in [0.717, 1.165) is 29.7 Å². The van der Waals surface area contributed by atoms with Crippen molar-refractivity contribution in [1.82, 2.24) is 10.6 Å². The lowest BCUT2D eigenvalue weighted by atomic mass is 10.00. The van der Waals surface area contributed by atoms with Crippen molar-refractivity contribution < 1.29 is 13.9 Å². The van der Waals surface area contributed by atoms with Crippen molar-refractivity contribution in [2.45, 2.75) is 19.4 Å². The van der Waals surface area contributed by atoms with Gasteiger partial charge in [-0.3, -0.25) is 4.79 Å². The molecule has 1 aromatic heterocycles. The first kappa shape index (κ1) is 19.8. The summed E-state index contributed by atoms with van der Waals surface area (Å²) in [6.07, 6.45) is 2.32. The van der Waals surface area contributed by atoms with Gasteiger partial charge < -0.3 is 19.8 Å². The molecule has 0 spiro atoms. The third-order valence-corrected chi connectivity index (χ3v) is 4.56. The van der Waals surface area contributed by atoms with Gasteiger partial charge in [0.2, 0.25) is 0 Å². The van der Waals surface area contributed by atoms with Crippen LogP contribution in [0.1, 0.15) is 29.2 Å². The van der Waals surface area contributed by atoms with Crippen molar-refractivity contribution >= 4 is 34.2 Å². The lowest BCUT2D eigenvalue weighted by Crippen LogP contribution is -2.38. The smallest absolute Gasteiger partial charge is 0.287 e. The lowest BCUT2D eigenvalue weighted by Gasteiger charge is -2.22. The Hall–Kier alpha value is -1.50. The first-order valence-electron chi connectivity index (χ1n) is 8.17. The summed E-state index contributed by atoms with van der Waals surface area (Å²) in [5.41, 5.74) is 0. The van der Waals surface area contributed by atoms with Crippen LogP contribution < -0.4 is 15.4 Å². The molecular formula is C18H22BrClN2O3. The predicted octanol–water partition coefficient (Wildman–Crippen LogP) is 3.77. The molecule has 0 saturated carbocycles. The molecule has 2 N–H and O–H groups in total. The average Bonchev–Trinajstić information content (AvgIpc) is 3.09. The molecule has 1 saturated heterocycles. The van der Waals surface area contributed by atoms with Crippen LogP contribution in [0.3, 0.4) is 0 Å². The summed E-state index contributed by atoms with van der Waals surface area (Å²) in [5.74, 6) is 2.04. The molecule has 25 heavy (non-hydrogen) atoms. The second-order valence-corrected chi connectivity index (χ2v) is 6.85. The third-order valence-electron chi connectivity index (χ3n) is 4.03. The first-order chi connectivity index (χ1) is 11.7. The van der Waals surface area contributed by atoms with Crippen LogP contribution in [-0.4, -0.2) is 25.5 Å². The van der Waals surface area contributed by atoms with E-state index in [-0.39, 0.29) is 18.3 Å². The molecular weight excluding hydrogens is 408 g/mol. The Bertz CT molecular complexity index is 669. The van der Waals surface area contributed by atoms with Gasteiger partial charge in [-0.1, -0.05) is 15.9 Å². The molecule has 0 radical (unpaired) electrons. The Morgan fingerprint density at radius 3 is 2.80 bits per heavy atom. The van der Waals surface area contributed by atoms with Gasteiger partial charge in [0.15, 0.2) is 5.76 Å². The highest BCUT2D eigenvalue weighted by molar-refractivity contribution is 9.10. The van der Waals surface area contributed by atoms with E-state index in [1.54, 1.807) is 12.1 Å². The zero-order valence-electron chi connectivity index (χ0n) is 13.8. The SMILES string of the molecule is Cl.O=C(NCC1CCCNC1)c1ccc(COc2ccc(Br)cc2)o1. The summed E-state index contributed by atoms with van der Waals surface area (Å²) in [7, 11) is 0. The van der Waals surface area contributed by atoms with E-state index in [2.05, 4.69) is 26.6 Å². The number of halogens is 2. The minimum Gasteiger partial charge on any atom is -0.486 e. The minimum absolute atomic E-state index is 0. The van der Waals surface area contributed by atoms with Crippen LogP contribution in [0.2, 0.25) is 0 Å². The zero-order chi connectivity index (χ0) is 16.8. The van der Waals surface area contributed by atoms with Gasteiger partial charge in [-0.05, 0) is 68.2 Å². The molecule has 136 valence electrons. The van der Waals surface area contributed by atoms with Gasteiger partial charge in [-0.2, -0.15) is 0 Å². The Morgan fingerprint density at radius 2 is 2.08 bits per heavy atom. The quantitative estimate of drug-likeness (QED) is 0.734. The summed E-state index contributed by atoms with van der Waals surface area (Å²) < 4.78 is 12.2. The standard InChI is InChI=1S/C18H21BrN2O3.ClH/c19-14-3-5-15(6-4-14)23-12-16-7-8-17(24-16)18(22)21-11-13-2-1-9-20-10-13;/h3-8,13,20H,1-2,9-12H2,(H,21,22);1H. The van der Waals surface area contributed by atoms with Crippen LogP contribution in [0.25, 0.3) is 0 Å². The summed E-state index contributed by atoms with van der Waals surface area (Å²) >= 11 is 3.38. The van der Waals surface area contributed by atoms with Crippen molar-refractivity contribution in [1.29, 1.82) is 0 Å². The Labute approximate surface area is 162 Å². The molecule has 2 aromatic rings. The molecule has 1 atom stereocenters. The number of carbonyl (C=O) groups excluding carboxylic acids is 1. The van der Waals surface area contributed by atoms with E-state index in [1.165, 1.54) is 6.42 Å². The third kappa shape index (κ3) is 6.06. The topological polar surface area (TPSA) is 63.5 Å². The van der Waals surface area contributed by atoms with Crippen molar-refractivity contribution in [3.63, 3.8) is 0 Å². The van der Waals surface area contributed by atoms with Crippen LogP contribution in [0.4, 0.5) is 0 Å². The van der Waals surface area contributed by atoms with Crippen LogP contribution in [0.5, 0.6) is 5.75 Å². The summed E-state index contributed by atoms with van der Waals surface area (Å²) in [4.78, 5) is 12.1. The number of furan rings is 1. The van der Waals surface area contributed by atoms with Gasteiger partial charge in [0.1, 0.15) is 18.1 Å². The van der Waals surface area contributed by atoms with Crippen LogP contribution in [-0.2, 0) is 6.61 Å². The Balaban J connectivity index is 0.00000225. The fourth-order valence-corrected chi connectivity index (χ4v) is 2.95. The zero-order valence-corrected chi connectivity index (χ0v) is 16.2. The number of hydrogen-bond acceptors (Lipinski definition) is 4. The van der Waals surface area contributed by atoms with E-state index < -0.39 is 0 Å². The highest BCUT2D eigenvalue weighted by Crippen LogP contribution is 2.18. The normalized spacial score (nSPS) is 16.8. The van der Waals surface area contributed by atoms with Gasteiger partial charge in [0.25, 0.3) is 5.91 Å². The number of amides is 1. The van der Waals surface area contributed by atoms with E-state index in [1.807, 2.05) is 24.3 Å². The average molecular weight is 430 g/mol. The molecule has 1 fully saturated rings. The Morgan fingerprint density at radius 1 is 1.28 bits per heavy atom. The molecule has 0 bridgehead atoms. The number of rotatable bonds is 6. The monoisotopic (exact) mass is 428 g/mol. The molecule has 5 nitrogen and oxygen atoms in total. The van der Waals surface area contributed by atoms with Gasteiger partial charge in [-0.25, -0.2) is 0 Å². The molecule has 1 unspecified atom stereocenters. The number of carbonyl (C=O) groups is 1. The Kier molecular flexibility index (Phi) is 7.81. The van der Waals surface area contributed by atoms with E-state index in [4.69, 9.17) is 9.15 Å². The maximum Gasteiger partial charge on any atom is 0.287 e. The maximum absolute atomic E-state index is 12.1. The molecule has 1 aliphatic heterocycles. The van der Waals surface area contributed by atoms with Gasteiger partial charge in [0, 0.05) is 11.0 Å².